The van der Waals surface area contributed by atoms with Gasteiger partial charge in [-0.1, -0.05) is 22.9 Å². The third-order valence-corrected chi connectivity index (χ3v) is 4.25. The first-order valence-corrected chi connectivity index (χ1v) is 7.33. The van der Waals surface area contributed by atoms with Crippen LogP contribution in [-0.4, -0.2) is 38.9 Å². The molecule has 3 rings (SSSR count). The molecule has 5 heteroatoms. The Bertz CT molecular complexity index is 643. The Morgan fingerprint density at radius 2 is 2.00 bits per heavy atom. The number of hydrogen-bond acceptors (Lipinski definition) is 3. The summed E-state index contributed by atoms with van der Waals surface area (Å²) in [5.41, 5.74) is 2.49. The molecule has 0 bridgehead atoms. The van der Waals surface area contributed by atoms with Crippen molar-refractivity contribution in [3.63, 3.8) is 0 Å². The molecule has 1 heterocycles. The van der Waals surface area contributed by atoms with Gasteiger partial charge in [-0.05, 0) is 44.7 Å². The van der Waals surface area contributed by atoms with E-state index in [0.717, 1.165) is 5.69 Å². The summed E-state index contributed by atoms with van der Waals surface area (Å²) in [7, 11) is 1.84. The van der Waals surface area contributed by atoms with E-state index in [1.54, 1.807) is 15.8 Å². The molecular weight excluding hydrogens is 264 g/mol. The Balaban J connectivity index is 1.77. The van der Waals surface area contributed by atoms with E-state index in [9.17, 15) is 4.79 Å². The van der Waals surface area contributed by atoms with E-state index in [4.69, 9.17) is 0 Å². The van der Waals surface area contributed by atoms with Crippen LogP contribution in [0.25, 0.3) is 5.69 Å². The molecule has 0 aliphatic heterocycles. The maximum Gasteiger partial charge on any atom is 0.276 e. The van der Waals surface area contributed by atoms with E-state index in [2.05, 4.69) is 17.2 Å². The van der Waals surface area contributed by atoms with E-state index in [-0.39, 0.29) is 11.9 Å². The summed E-state index contributed by atoms with van der Waals surface area (Å²) < 4.78 is 1.64. The second-order valence-corrected chi connectivity index (χ2v) is 5.88. The van der Waals surface area contributed by atoms with Crippen LogP contribution in [0, 0.1) is 12.8 Å². The number of aromatic nitrogens is 3. The van der Waals surface area contributed by atoms with Crippen LogP contribution in [0.1, 0.15) is 35.8 Å². The maximum absolute atomic E-state index is 12.4. The Hall–Kier alpha value is -2.17. The van der Waals surface area contributed by atoms with Crippen LogP contribution in [0.2, 0.25) is 0 Å². The van der Waals surface area contributed by atoms with Crippen molar-refractivity contribution in [3.05, 3.63) is 41.7 Å². The largest absolute Gasteiger partial charge is 0.337 e. The highest BCUT2D eigenvalue weighted by Gasteiger charge is 2.33. The molecule has 1 aliphatic rings. The highest BCUT2D eigenvalue weighted by Crippen LogP contribution is 2.34. The van der Waals surface area contributed by atoms with Crippen LogP contribution in [0.3, 0.4) is 0 Å². The Kier molecular flexibility index (Phi) is 3.49. The van der Waals surface area contributed by atoms with Gasteiger partial charge < -0.3 is 4.90 Å². The van der Waals surface area contributed by atoms with Gasteiger partial charge in [0.15, 0.2) is 5.69 Å². The molecule has 0 radical (unpaired) electrons. The molecule has 1 atom stereocenters. The van der Waals surface area contributed by atoms with Crippen LogP contribution in [0.4, 0.5) is 0 Å². The monoisotopic (exact) mass is 284 g/mol. The molecule has 0 N–H and O–H groups in total. The van der Waals surface area contributed by atoms with Crippen LogP contribution >= 0.6 is 0 Å². The minimum Gasteiger partial charge on any atom is -0.337 e. The summed E-state index contributed by atoms with van der Waals surface area (Å²) in [5, 5.41) is 8.08. The van der Waals surface area contributed by atoms with Gasteiger partial charge in [-0.3, -0.25) is 4.79 Å². The number of benzene rings is 1. The van der Waals surface area contributed by atoms with Gasteiger partial charge in [0.05, 0.1) is 11.9 Å². The fraction of sp³-hybridized carbons (Fsp3) is 0.438. The smallest absolute Gasteiger partial charge is 0.276 e. The molecule has 1 aromatic heterocycles. The third-order valence-electron chi connectivity index (χ3n) is 4.25. The molecule has 21 heavy (non-hydrogen) atoms. The fourth-order valence-corrected chi connectivity index (χ4v) is 2.45. The summed E-state index contributed by atoms with van der Waals surface area (Å²) >= 11 is 0. The summed E-state index contributed by atoms with van der Waals surface area (Å²) in [4.78, 5) is 14.2. The minimum atomic E-state index is -0.0623. The number of carbonyl (C=O) groups excluding carboxylic acids is 1. The van der Waals surface area contributed by atoms with Gasteiger partial charge in [0, 0.05) is 13.1 Å². The number of nitrogens with zero attached hydrogens (tertiary/aromatic N) is 4. The van der Waals surface area contributed by atoms with Crippen molar-refractivity contribution in [2.75, 3.05) is 7.05 Å². The molecule has 5 nitrogen and oxygen atoms in total. The number of aryl methyl sites for hydroxylation is 1. The predicted molar refractivity (Wildman–Crippen MR) is 80.4 cm³/mol. The van der Waals surface area contributed by atoms with Gasteiger partial charge in [0.25, 0.3) is 5.91 Å². The minimum absolute atomic E-state index is 0.0623. The zero-order valence-electron chi connectivity index (χ0n) is 12.7. The second kappa shape index (κ2) is 5.31. The highest BCUT2D eigenvalue weighted by atomic mass is 16.2. The number of rotatable bonds is 4. The van der Waals surface area contributed by atoms with Gasteiger partial charge >= 0.3 is 0 Å². The van der Waals surface area contributed by atoms with Crippen molar-refractivity contribution in [1.82, 2.24) is 19.9 Å². The second-order valence-electron chi connectivity index (χ2n) is 5.88. The van der Waals surface area contributed by atoms with E-state index < -0.39 is 0 Å². The van der Waals surface area contributed by atoms with Crippen LogP contribution in [0.5, 0.6) is 0 Å². The van der Waals surface area contributed by atoms with E-state index in [1.807, 2.05) is 38.2 Å². The molecule has 0 spiro atoms. The molecule has 1 aliphatic carbocycles. The molecule has 110 valence electrons. The lowest BCUT2D eigenvalue weighted by molar-refractivity contribution is 0.0721. The molecule has 0 saturated heterocycles. The van der Waals surface area contributed by atoms with Crippen LogP contribution in [-0.2, 0) is 0 Å². The molecule has 1 unspecified atom stereocenters. The lowest BCUT2D eigenvalue weighted by atomic mass is 10.2. The quantitative estimate of drug-likeness (QED) is 0.866. The van der Waals surface area contributed by atoms with E-state index >= 15 is 0 Å². The summed E-state index contributed by atoms with van der Waals surface area (Å²) in [6.07, 6.45) is 4.13. The lowest BCUT2D eigenvalue weighted by Gasteiger charge is -2.23. The first-order chi connectivity index (χ1) is 10.1. The normalized spacial score (nSPS) is 15.8. The lowest BCUT2D eigenvalue weighted by Crippen LogP contribution is -2.36. The van der Waals surface area contributed by atoms with E-state index in [1.165, 1.54) is 18.4 Å². The van der Waals surface area contributed by atoms with Crippen molar-refractivity contribution in [3.8, 4) is 5.69 Å². The van der Waals surface area contributed by atoms with Crippen molar-refractivity contribution in [1.29, 1.82) is 0 Å². The van der Waals surface area contributed by atoms with Gasteiger partial charge in [-0.15, -0.1) is 5.10 Å². The van der Waals surface area contributed by atoms with Crippen LogP contribution in [0.15, 0.2) is 30.5 Å². The number of hydrogen-bond donors (Lipinski definition) is 0. The van der Waals surface area contributed by atoms with E-state index in [0.29, 0.717) is 11.6 Å². The average molecular weight is 284 g/mol. The number of amides is 1. The third kappa shape index (κ3) is 2.82. The van der Waals surface area contributed by atoms with Crippen molar-refractivity contribution >= 4 is 5.91 Å². The SMILES string of the molecule is Cc1ccc(-n2cc(C(=O)N(C)C(C)C3CC3)nn2)cc1. The molecule has 1 aromatic carbocycles. The number of carbonyl (C=O) groups is 1. The van der Waals surface area contributed by atoms with Crippen LogP contribution < -0.4 is 0 Å². The first-order valence-electron chi connectivity index (χ1n) is 7.33. The Morgan fingerprint density at radius 3 is 2.62 bits per heavy atom. The molecule has 2 aromatic rings. The average Bonchev–Trinajstić information content (AvgIpc) is 3.23. The van der Waals surface area contributed by atoms with Gasteiger partial charge in [0.1, 0.15) is 0 Å². The summed E-state index contributed by atoms with van der Waals surface area (Å²) in [5.74, 6) is 0.582. The fourth-order valence-electron chi connectivity index (χ4n) is 2.45. The standard InChI is InChI=1S/C16H20N4O/c1-11-4-8-14(9-5-11)20-10-15(17-18-20)16(21)19(3)12(2)13-6-7-13/h4-5,8-10,12-13H,6-7H2,1-3H3. The highest BCUT2D eigenvalue weighted by molar-refractivity contribution is 5.92. The zero-order chi connectivity index (χ0) is 15.0. The zero-order valence-corrected chi connectivity index (χ0v) is 12.7. The topological polar surface area (TPSA) is 51.0 Å². The molecule has 1 fully saturated rings. The summed E-state index contributed by atoms with van der Waals surface area (Å²) in [6, 6.07) is 8.23. The Labute approximate surface area is 124 Å². The van der Waals surface area contributed by atoms with Crippen molar-refractivity contribution in [2.45, 2.75) is 32.7 Å². The van der Waals surface area contributed by atoms with Crippen molar-refractivity contribution in [2.24, 2.45) is 5.92 Å². The van der Waals surface area contributed by atoms with Crippen molar-refractivity contribution < 1.29 is 4.79 Å². The maximum atomic E-state index is 12.4. The molecule has 1 amide bonds. The summed E-state index contributed by atoms with van der Waals surface area (Å²) in [6.45, 7) is 4.13. The molecular formula is C16H20N4O. The van der Waals surface area contributed by atoms with Gasteiger partial charge in [-0.25, -0.2) is 4.68 Å². The van der Waals surface area contributed by atoms with Gasteiger partial charge in [-0.2, -0.15) is 0 Å². The predicted octanol–water partition coefficient (Wildman–Crippen LogP) is 2.45. The molecule has 1 saturated carbocycles. The van der Waals surface area contributed by atoms with Gasteiger partial charge in [0.2, 0.25) is 0 Å². The first kappa shape index (κ1) is 13.8. The Morgan fingerprint density at radius 1 is 1.33 bits per heavy atom.